The van der Waals surface area contributed by atoms with Crippen LogP contribution in [0.2, 0.25) is 0 Å². The zero-order valence-electron chi connectivity index (χ0n) is 14.9. The highest BCUT2D eigenvalue weighted by Gasteiger charge is 2.33. The Balaban J connectivity index is 0.000000511. The fourth-order valence-corrected chi connectivity index (χ4v) is 2.38. The van der Waals surface area contributed by atoms with E-state index in [1.807, 2.05) is 0 Å². The molecular formula is C14H23F6N2O4P. The number of unbranched alkanes of at least 4 members (excludes halogenated alkanes) is 3. The Bertz CT molecular complexity index is 555. The third-order valence-corrected chi connectivity index (χ3v) is 3.76. The molecule has 0 unspecified atom stereocenters. The number of imidazole rings is 1. The number of halogens is 6. The lowest BCUT2D eigenvalue weighted by molar-refractivity contribution is -0.671. The van der Waals surface area contributed by atoms with Crippen molar-refractivity contribution in [2.45, 2.75) is 51.5 Å². The van der Waals surface area contributed by atoms with Crippen molar-refractivity contribution in [2.24, 2.45) is 7.05 Å². The average Bonchev–Trinajstić information content (AvgIpc) is 2.93. The molecule has 27 heavy (non-hydrogen) atoms. The van der Waals surface area contributed by atoms with E-state index in [4.69, 9.17) is 0 Å². The summed E-state index contributed by atoms with van der Waals surface area (Å²) in [5, 5.41) is 0. The highest BCUT2D eigenvalue weighted by molar-refractivity contribution is 7.45. The molecule has 1 aromatic heterocycles. The van der Waals surface area contributed by atoms with Gasteiger partial charge in [0, 0.05) is 0 Å². The first-order valence-corrected chi connectivity index (χ1v) is 9.45. The van der Waals surface area contributed by atoms with E-state index in [0.29, 0.717) is 0 Å². The van der Waals surface area contributed by atoms with Crippen molar-refractivity contribution < 1.29 is 49.4 Å². The average molecular weight is 428 g/mol. The third-order valence-electron chi connectivity index (χ3n) is 2.87. The van der Waals surface area contributed by atoms with E-state index >= 15 is 0 Å². The number of nitrogens with zero attached hydrogens (tertiary/aromatic N) is 2. The van der Waals surface area contributed by atoms with Gasteiger partial charge >= 0.3 is 12.4 Å². The minimum atomic E-state index is -5.58. The zero-order chi connectivity index (χ0) is 21.1. The summed E-state index contributed by atoms with van der Waals surface area (Å²) in [5.74, 6) is 0. The molecule has 0 aliphatic rings. The van der Waals surface area contributed by atoms with Crippen molar-refractivity contribution in [1.29, 1.82) is 0 Å². The number of alkyl halides is 6. The molecule has 0 aromatic carbocycles. The summed E-state index contributed by atoms with van der Waals surface area (Å²) >= 11 is 0. The van der Waals surface area contributed by atoms with Crippen molar-refractivity contribution >= 4 is 7.82 Å². The SMILES string of the molecule is CCCCCCn1cc[n+](C)c1.O=P([O-])(OCC(F)(F)F)OCC(F)(F)F. The molecule has 0 spiro atoms. The maximum atomic E-state index is 11.4. The summed E-state index contributed by atoms with van der Waals surface area (Å²) in [4.78, 5) is 10.3. The molecule has 0 fully saturated rings. The molecule has 0 amide bonds. The zero-order valence-corrected chi connectivity index (χ0v) is 15.8. The molecule has 1 heterocycles. The lowest BCUT2D eigenvalue weighted by Gasteiger charge is -2.23. The van der Waals surface area contributed by atoms with Crippen molar-refractivity contribution in [3.05, 3.63) is 18.7 Å². The van der Waals surface area contributed by atoms with Crippen LogP contribution < -0.4 is 9.46 Å². The number of hydrogen-bond acceptors (Lipinski definition) is 4. The van der Waals surface area contributed by atoms with Crippen LogP contribution in [0.25, 0.3) is 0 Å². The van der Waals surface area contributed by atoms with Crippen molar-refractivity contribution in [2.75, 3.05) is 13.2 Å². The molecule has 0 N–H and O–H groups in total. The van der Waals surface area contributed by atoms with E-state index in [-0.39, 0.29) is 0 Å². The molecule has 1 rings (SSSR count). The Morgan fingerprint density at radius 1 is 1.04 bits per heavy atom. The molecule has 0 saturated heterocycles. The topological polar surface area (TPSA) is 67.4 Å². The van der Waals surface area contributed by atoms with Gasteiger partial charge in [0.15, 0.2) is 13.2 Å². The minimum absolute atomic E-state index is 1.17. The Morgan fingerprint density at radius 2 is 1.56 bits per heavy atom. The fourth-order valence-electron chi connectivity index (χ4n) is 1.70. The van der Waals surface area contributed by atoms with Gasteiger partial charge in [-0.25, -0.2) is 9.13 Å². The van der Waals surface area contributed by atoms with E-state index in [1.54, 1.807) is 0 Å². The second-order valence-corrected chi connectivity index (χ2v) is 7.01. The normalized spacial score (nSPS) is 12.6. The maximum Gasteiger partial charge on any atom is 0.412 e. The van der Waals surface area contributed by atoms with Gasteiger partial charge in [-0.3, -0.25) is 4.57 Å². The van der Waals surface area contributed by atoms with Gasteiger partial charge in [-0.15, -0.1) is 0 Å². The number of aryl methyl sites for hydroxylation is 2. The van der Waals surface area contributed by atoms with Crippen LogP contribution in [0.15, 0.2) is 18.7 Å². The molecule has 1 aromatic rings. The van der Waals surface area contributed by atoms with Crippen molar-refractivity contribution in [1.82, 2.24) is 4.57 Å². The van der Waals surface area contributed by atoms with Crippen molar-refractivity contribution in [3.63, 3.8) is 0 Å². The highest BCUT2D eigenvalue weighted by Crippen LogP contribution is 2.41. The minimum Gasteiger partial charge on any atom is -0.756 e. The van der Waals surface area contributed by atoms with Gasteiger partial charge in [-0.2, -0.15) is 26.3 Å². The Morgan fingerprint density at radius 3 is 1.93 bits per heavy atom. The standard InChI is InChI=1S/C10H19N2.C4H5F6O4P/c1-3-4-5-6-7-12-9-8-11(2)10-12;5-3(6,7)1-13-15(11,12)14-2-4(8,9)10/h8-10H,3-7H2,1-2H3;1-2H2,(H,11,12)/q+1;/p-1. The first-order chi connectivity index (χ1) is 12.2. The summed E-state index contributed by atoms with van der Waals surface area (Å²) < 4.78 is 89.3. The number of phosphoric ester groups is 1. The second kappa shape index (κ2) is 11.7. The Hall–Kier alpha value is -1.10. The summed E-state index contributed by atoms with van der Waals surface area (Å²) in [7, 11) is -3.52. The maximum absolute atomic E-state index is 11.4. The molecule has 6 nitrogen and oxygen atoms in total. The molecule has 160 valence electrons. The fraction of sp³-hybridized carbons (Fsp3) is 0.786. The van der Waals surface area contributed by atoms with Gasteiger partial charge in [0.05, 0.1) is 13.6 Å². The van der Waals surface area contributed by atoms with Gasteiger partial charge in [0.1, 0.15) is 12.4 Å². The number of rotatable bonds is 9. The molecule has 0 saturated carbocycles. The lowest BCUT2D eigenvalue weighted by atomic mass is 10.2. The van der Waals surface area contributed by atoms with Gasteiger partial charge in [-0.1, -0.05) is 19.8 Å². The van der Waals surface area contributed by atoms with Crippen LogP contribution >= 0.6 is 7.82 Å². The molecule has 0 radical (unpaired) electrons. The van der Waals surface area contributed by atoms with Crippen LogP contribution in [0.5, 0.6) is 0 Å². The number of phosphoric acid groups is 1. The second-order valence-electron chi connectivity index (χ2n) is 5.60. The van der Waals surface area contributed by atoms with E-state index in [1.165, 1.54) is 32.2 Å². The van der Waals surface area contributed by atoms with Crippen LogP contribution in [-0.2, 0) is 27.2 Å². The molecule has 13 heteroatoms. The van der Waals surface area contributed by atoms with Crippen LogP contribution in [0.1, 0.15) is 32.6 Å². The van der Waals surface area contributed by atoms with Crippen molar-refractivity contribution in [3.8, 4) is 0 Å². The molecular weight excluding hydrogens is 405 g/mol. The van der Waals surface area contributed by atoms with Gasteiger partial charge in [-0.05, 0) is 12.8 Å². The molecule has 0 bridgehead atoms. The summed E-state index contributed by atoms with van der Waals surface area (Å²) in [6.45, 7) is -1.05. The first-order valence-electron chi connectivity index (χ1n) is 7.99. The van der Waals surface area contributed by atoms with Gasteiger partial charge < -0.3 is 13.9 Å². The van der Waals surface area contributed by atoms with E-state index < -0.39 is 33.4 Å². The largest absolute Gasteiger partial charge is 0.756 e. The number of hydrogen-bond donors (Lipinski definition) is 0. The third kappa shape index (κ3) is 16.8. The Labute approximate surface area is 153 Å². The monoisotopic (exact) mass is 428 g/mol. The van der Waals surface area contributed by atoms with Crippen LogP contribution in [-0.4, -0.2) is 30.1 Å². The molecule has 0 atom stereocenters. The molecule has 0 aliphatic heterocycles. The van der Waals surface area contributed by atoms with E-state index in [9.17, 15) is 35.8 Å². The van der Waals surface area contributed by atoms with Crippen LogP contribution in [0.3, 0.4) is 0 Å². The first kappa shape index (κ1) is 25.9. The molecule has 0 aliphatic carbocycles. The lowest BCUT2D eigenvalue weighted by Crippen LogP contribution is -2.23. The van der Waals surface area contributed by atoms with Crippen LogP contribution in [0.4, 0.5) is 26.3 Å². The quantitative estimate of drug-likeness (QED) is 0.261. The predicted octanol–water partition coefficient (Wildman–Crippen LogP) is 3.51. The summed E-state index contributed by atoms with van der Waals surface area (Å²) in [6.07, 6.45) is 1.76. The smallest absolute Gasteiger partial charge is 0.412 e. The van der Waals surface area contributed by atoms with Crippen LogP contribution in [0, 0.1) is 0 Å². The Kier molecular flexibility index (Phi) is 11.2. The van der Waals surface area contributed by atoms with Gasteiger partial charge in [0.2, 0.25) is 6.33 Å². The highest BCUT2D eigenvalue weighted by atomic mass is 31.2. The van der Waals surface area contributed by atoms with E-state index in [0.717, 1.165) is 0 Å². The number of aromatic nitrogens is 2. The summed E-state index contributed by atoms with van der Waals surface area (Å²) in [5.41, 5.74) is 0. The van der Waals surface area contributed by atoms with E-state index in [2.05, 4.69) is 50.9 Å². The predicted molar refractivity (Wildman–Crippen MR) is 81.4 cm³/mol. The van der Waals surface area contributed by atoms with Gasteiger partial charge in [0.25, 0.3) is 7.82 Å². The summed E-state index contributed by atoms with van der Waals surface area (Å²) in [6, 6.07) is 0.